The first-order chi connectivity index (χ1) is 7.88. The van der Waals surface area contributed by atoms with E-state index in [4.69, 9.17) is 4.74 Å². The lowest BCUT2D eigenvalue weighted by Crippen LogP contribution is -2.40. The first-order valence-electron chi connectivity index (χ1n) is 5.98. The molecule has 1 aromatic rings. The SMILES string of the molecule is CC1Cc2ccccc2N1C(=O)OC(C)(C)C. The maximum absolute atomic E-state index is 12.1. The van der Waals surface area contributed by atoms with Crippen LogP contribution >= 0.6 is 0 Å². The number of anilines is 1. The molecule has 0 fully saturated rings. The maximum atomic E-state index is 12.1. The molecule has 1 heterocycles. The lowest BCUT2D eigenvalue weighted by Gasteiger charge is -2.27. The minimum Gasteiger partial charge on any atom is -0.443 e. The largest absolute Gasteiger partial charge is 0.443 e. The van der Waals surface area contributed by atoms with Gasteiger partial charge in [-0.25, -0.2) is 4.79 Å². The number of ether oxygens (including phenoxy) is 1. The Hall–Kier alpha value is -1.51. The number of amides is 1. The van der Waals surface area contributed by atoms with Crippen molar-refractivity contribution in [3.8, 4) is 0 Å². The molecule has 1 aromatic carbocycles. The van der Waals surface area contributed by atoms with Crippen LogP contribution in [0.5, 0.6) is 0 Å². The van der Waals surface area contributed by atoms with Gasteiger partial charge in [-0.2, -0.15) is 0 Å². The van der Waals surface area contributed by atoms with Crippen molar-refractivity contribution in [3.05, 3.63) is 29.8 Å². The van der Waals surface area contributed by atoms with Gasteiger partial charge in [0.15, 0.2) is 0 Å². The van der Waals surface area contributed by atoms with Gasteiger partial charge in [-0.05, 0) is 45.7 Å². The first kappa shape index (κ1) is 12.0. The Morgan fingerprint density at radius 3 is 2.65 bits per heavy atom. The fourth-order valence-electron chi connectivity index (χ4n) is 2.15. The van der Waals surface area contributed by atoms with Crippen LogP contribution in [0.2, 0.25) is 0 Å². The molecule has 0 aromatic heterocycles. The molecule has 0 aliphatic carbocycles. The molecule has 92 valence electrons. The number of rotatable bonds is 0. The summed E-state index contributed by atoms with van der Waals surface area (Å²) in [5, 5.41) is 0. The van der Waals surface area contributed by atoms with Crippen LogP contribution in [0.4, 0.5) is 10.5 Å². The van der Waals surface area contributed by atoms with Crippen LogP contribution < -0.4 is 4.90 Å². The average Bonchev–Trinajstić information content (AvgIpc) is 2.50. The molecule has 0 N–H and O–H groups in total. The highest BCUT2D eigenvalue weighted by Gasteiger charge is 2.33. The van der Waals surface area contributed by atoms with Gasteiger partial charge < -0.3 is 4.74 Å². The van der Waals surface area contributed by atoms with Crippen molar-refractivity contribution in [1.29, 1.82) is 0 Å². The second kappa shape index (κ2) is 4.06. The van der Waals surface area contributed by atoms with E-state index in [1.54, 1.807) is 4.90 Å². The van der Waals surface area contributed by atoms with E-state index in [9.17, 15) is 4.79 Å². The minimum atomic E-state index is -0.450. The Balaban J connectivity index is 2.25. The number of fused-ring (bicyclic) bond motifs is 1. The van der Waals surface area contributed by atoms with Crippen molar-refractivity contribution >= 4 is 11.8 Å². The fourth-order valence-corrected chi connectivity index (χ4v) is 2.15. The molecule has 0 bridgehead atoms. The molecule has 17 heavy (non-hydrogen) atoms. The van der Waals surface area contributed by atoms with E-state index in [1.807, 2.05) is 45.9 Å². The lowest BCUT2D eigenvalue weighted by atomic mass is 10.1. The van der Waals surface area contributed by atoms with Crippen molar-refractivity contribution in [1.82, 2.24) is 0 Å². The van der Waals surface area contributed by atoms with E-state index < -0.39 is 5.60 Å². The number of hydrogen-bond acceptors (Lipinski definition) is 2. The molecule has 1 aliphatic heterocycles. The summed E-state index contributed by atoms with van der Waals surface area (Å²) in [6.45, 7) is 7.70. The normalized spacial score (nSPS) is 19.1. The smallest absolute Gasteiger partial charge is 0.415 e. The summed E-state index contributed by atoms with van der Waals surface area (Å²) in [5.41, 5.74) is 1.74. The highest BCUT2D eigenvalue weighted by molar-refractivity contribution is 5.91. The number of hydrogen-bond donors (Lipinski definition) is 0. The molecule has 1 unspecified atom stereocenters. The third kappa shape index (κ3) is 2.43. The Morgan fingerprint density at radius 2 is 2.00 bits per heavy atom. The van der Waals surface area contributed by atoms with Gasteiger partial charge in [-0.15, -0.1) is 0 Å². The Labute approximate surface area is 102 Å². The minimum absolute atomic E-state index is 0.169. The van der Waals surface area contributed by atoms with Crippen molar-refractivity contribution < 1.29 is 9.53 Å². The molecule has 0 saturated heterocycles. The number of carbonyl (C=O) groups is 1. The van der Waals surface area contributed by atoms with Crippen molar-refractivity contribution in [3.63, 3.8) is 0 Å². The van der Waals surface area contributed by atoms with Crippen molar-refractivity contribution in [2.75, 3.05) is 4.90 Å². The summed E-state index contributed by atoms with van der Waals surface area (Å²) in [4.78, 5) is 13.9. The average molecular weight is 233 g/mol. The van der Waals surface area contributed by atoms with Crippen molar-refractivity contribution in [2.45, 2.75) is 45.8 Å². The van der Waals surface area contributed by atoms with Crippen LogP contribution in [-0.4, -0.2) is 17.7 Å². The molecule has 0 radical (unpaired) electrons. The number of para-hydroxylation sites is 1. The zero-order valence-corrected chi connectivity index (χ0v) is 10.9. The van der Waals surface area contributed by atoms with Gasteiger partial charge in [0.05, 0.1) is 5.69 Å². The predicted molar refractivity (Wildman–Crippen MR) is 68.3 cm³/mol. The topological polar surface area (TPSA) is 29.5 Å². The van der Waals surface area contributed by atoms with E-state index in [0.717, 1.165) is 12.1 Å². The standard InChI is InChI=1S/C14H19NO2/c1-10-9-11-7-5-6-8-12(11)15(10)13(16)17-14(2,3)4/h5-8,10H,9H2,1-4H3. The summed E-state index contributed by atoms with van der Waals surface area (Å²) >= 11 is 0. The van der Waals surface area contributed by atoms with Gasteiger partial charge >= 0.3 is 6.09 Å². The van der Waals surface area contributed by atoms with E-state index in [0.29, 0.717) is 0 Å². The molecule has 0 saturated carbocycles. The molecule has 3 heteroatoms. The molecule has 3 nitrogen and oxygen atoms in total. The van der Waals surface area contributed by atoms with Gasteiger partial charge in [0.1, 0.15) is 5.60 Å². The molecule has 1 aliphatic rings. The molecule has 2 rings (SSSR count). The van der Waals surface area contributed by atoms with E-state index >= 15 is 0 Å². The van der Waals surface area contributed by atoms with Gasteiger partial charge in [-0.1, -0.05) is 18.2 Å². The molecule has 1 amide bonds. The summed E-state index contributed by atoms with van der Waals surface area (Å²) < 4.78 is 5.44. The predicted octanol–water partition coefficient (Wildman–Crippen LogP) is 3.37. The molecular formula is C14H19NO2. The summed E-state index contributed by atoms with van der Waals surface area (Å²) in [6.07, 6.45) is 0.644. The fraction of sp³-hybridized carbons (Fsp3) is 0.500. The second-order valence-corrected chi connectivity index (χ2v) is 5.53. The highest BCUT2D eigenvalue weighted by Crippen LogP contribution is 2.32. The van der Waals surface area contributed by atoms with E-state index in [1.165, 1.54) is 5.56 Å². The highest BCUT2D eigenvalue weighted by atomic mass is 16.6. The molecule has 0 spiro atoms. The summed E-state index contributed by atoms with van der Waals surface area (Å²) in [5.74, 6) is 0. The Kier molecular flexibility index (Phi) is 2.86. The van der Waals surface area contributed by atoms with Gasteiger partial charge in [0.2, 0.25) is 0 Å². The second-order valence-electron chi connectivity index (χ2n) is 5.53. The van der Waals surface area contributed by atoms with Crippen LogP contribution in [0, 0.1) is 0 Å². The zero-order valence-electron chi connectivity index (χ0n) is 10.9. The van der Waals surface area contributed by atoms with Crippen LogP contribution in [0.15, 0.2) is 24.3 Å². The number of benzene rings is 1. The monoisotopic (exact) mass is 233 g/mol. The van der Waals surface area contributed by atoms with Crippen molar-refractivity contribution in [2.24, 2.45) is 0 Å². The summed E-state index contributed by atoms with van der Waals surface area (Å²) in [6, 6.07) is 8.17. The summed E-state index contributed by atoms with van der Waals surface area (Å²) in [7, 11) is 0. The number of nitrogens with zero attached hydrogens (tertiary/aromatic N) is 1. The maximum Gasteiger partial charge on any atom is 0.415 e. The Bertz CT molecular complexity index is 434. The van der Waals surface area contributed by atoms with Gasteiger partial charge in [0.25, 0.3) is 0 Å². The lowest BCUT2D eigenvalue weighted by molar-refractivity contribution is 0.0572. The van der Waals surface area contributed by atoms with Crippen LogP contribution in [0.25, 0.3) is 0 Å². The third-order valence-corrected chi connectivity index (χ3v) is 2.80. The first-order valence-corrected chi connectivity index (χ1v) is 5.98. The van der Waals surface area contributed by atoms with Crippen LogP contribution in [0.3, 0.4) is 0 Å². The van der Waals surface area contributed by atoms with Crippen LogP contribution in [0.1, 0.15) is 33.3 Å². The van der Waals surface area contributed by atoms with Gasteiger partial charge in [0, 0.05) is 6.04 Å². The Morgan fingerprint density at radius 1 is 1.35 bits per heavy atom. The zero-order chi connectivity index (χ0) is 12.6. The van der Waals surface area contributed by atoms with E-state index in [2.05, 4.69) is 6.07 Å². The van der Waals surface area contributed by atoms with Gasteiger partial charge in [-0.3, -0.25) is 4.90 Å². The number of carbonyl (C=O) groups excluding carboxylic acids is 1. The quantitative estimate of drug-likeness (QED) is 0.687. The third-order valence-electron chi connectivity index (χ3n) is 2.80. The molecular weight excluding hydrogens is 214 g/mol. The molecule has 1 atom stereocenters. The van der Waals surface area contributed by atoms with E-state index in [-0.39, 0.29) is 12.1 Å². The van der Waals surface area contributed by atoms with Crippen LogP contribution in [-0.2, 0) is 11.2 Å².